The molecular weight excluding hydrogens is 398 g/mol. The maximum Gasteiger partial charge on any atom is 0.306 e. The summed E-state index contributed by atoms with van der Waals surface area (Å²) in [6, 6.07) is 8.73. The fourth-order valence-electron chi connectivity index (χ4n) is 4.47. The number of carbonyl (C=O) groups excluding carboxylic acids is 1. The van der Waals surface area contributed by atoms with Crippen molar-refractivity contribution in [2.45, 2.75) is 75.5 Å². The molecule has 1 aromatic carbocycles. The molecule has 0 saturated heterocycles. The van der Waals surface area contributed by atoms with E-state index in [1.54, 1.807) is 44.2 Å². The molecule has 30 heavy (non-hydrogen) atoms. The largest absolute Gasteiger partial charge is 0.466 e. The van der Waals surface area contributed by atoms with Gasteiger partial charge in [-0.2, -0.15) is 0 Å². The summed E-state index contributed by atoms with van der Waals surface area (Å²) in [5.74, 6) is -0.198. The number of esters is 1. The normalized spacial score (nSPS) is 18.4. The SMILES string of the molecule is C=C(CN[C@@H](C)C1CCCCC1)[C@H]([C@H](C)CC(=O)OCC)S(=O)(=O)c1ccccc1. The Morgan fingerprint density at radius 2 is 1.80 bits per heavy atom. The summed E-state index contributed by atoms with van der Waals surface area (Å²) in [5, 5.41) is 2.66. The van der Waals surface area contributed by atoms with E-state index in [0.717, 1.165) is 0 Å². The van der Waals surface area contributed by atoms with Crippen molar-refractivity contribution in [1.82, 2.24) is 5.32 Å². The second-order valence-corrected chi connectivity index (χ2v) is 10.6. The van der Waals surface area contributed by atoms with Crippen LogP contribution < -0.4 is 5.32 Å². The van der Waals surface area contributed by atoms with Crippen LogP contribution in [-0.4, -0.2) is 38.8 Å². The fourth-order valence-corrected chi connectivity index (χ4v) is 6.53. The van der Waals surface area contributed by atoms with Crippen LogP contribution in [0.3, 0.4) is 0 Å². The van der Waals surface area contributed by atoms with Gasteiger partial charge in [-0.1, -0.05) is 51.0 Å². The van der Waals surface area contributed by atoms with Crippen LogP contribution in [0, 0.1) is 11.8 Å². The lowest BCUT2D eigenvalue weighted by atomic mass is 9.84. The van der Waals surface area contributed by atoms with Crippen molar-refractivity contribution in [3.63, 3.8) is 0 Å². The topological polar surface area (TPSA) is 72.5 Å². The number of hydrogen-bond acceptors (Lipinski definition) is 5. The average molecular weight is 436 g/mol. The first-order valence-electron chi connectivity index (χ1n) is 11.1. The van der Waals surface area contributed by atoms with Crippen molar-refractivity contribution in [1.29, 1.82) is 0 Å². The van der Waals surface area contributed by atoms with Crippen molar-refractivity contribution in [2.75, 3.05) is 13.2 Å². The molecule has 0 radical (unpaired) electrons. The van der Waals surface area contributed by atoms with E-state index in [-0.39, 0.29) is 23.9 Å². The van der Waals surface area contributed by atoms with Gasteiger partial charge in [-0.25, -0.2) is 8.42 Å². The highest BCUT2D eigenvalue weighted by molar-refractivity contribution is 7.92. The van der Waals surface area contributed by atoms with E-state index >= 15 is 0 Å². The van der Waals surface area contributed by atoms with Crippen LogP contribution in [0.1, 0.15) is 59.3 Å². The molecule has 0 amide bonds. The fraction of sp³-hybridized carbons (Fsp3) is 0.625. The van der Waals surface area contributed by atoms with E-state index in [0.29, 0.717) is 24.1 Å². The Morgan fingerprint density at radius 1 is 1.17 bits per heavy atom. The van der Waals surface area contributed by atoms with Gasteiger partial charge < -0.3 is 10.1 Å². The number of benzene rings is 1. The smallest absolute Gasteiger partial charge is 0.306 e. The van der Waals surface area contributed by atoms with Crippen LogP contribution in [0.2, 0.25) is 0 Å². The van der Waals surface area contributed by atoms with Gasteiger partial charge in [0.25, 0.3) is 0 Å². The number of sulfone groups is 1. The van der Waals surface area contributed by atoms with Crippen LogP contribution in [0.25, 0.3) is 0 Å². The highest BCUT2D eigenvalue weighted by atomic mass is 32.2. The molecule has 3 atom stereocenters. The molecule has 0 heterocycles. The molecule has 1 N–H and O–H groups in total. The van der Waals surface area contributed by atoms with Crippen LogP contribution >= 0.6 is 0 Å². The highest BCUT2D eigenvalue weighted by Crippen LogP contribution is 2.30. The molecule has 5 nitrogen and oxygen atoms in total. The molecule has 0 unspecified atom stereocenters. The Hall–Kier alpha value is -1.66. The number of ether oxygens (including phenoxy) is 1. The second kappa shape index (κ2) is 11.7. The summed E-state index contributed by atoms with van der Waals surface area (Å²) < 4.78 is 32.0. The minimum atomic E-state index is -3.68. The van der Waals surface area contributed by atoms with Gasteiger partial charge in [0, 0.05) is 19.0 Å². The predicted octanol–water partition coefficient (Wildman–Crippen LogP) is 4.53. The summed E-state index contributed by atoms with van der Waals surface area (Å²) in [5.41, 5.74) is 0.596. The summed E-state index contributed by atoms with van der Waals surface area (Å²) in [7, 11) is -3.68. The minimum Gasteiger partial charge on any atom is -0.466 e. The van der Waals surface area contributed by atoms with Crippen LogP contribution in [0.5, 0.6) is 0 Å². The summed E-state index contributed by atoms with van der Waals surface area (Å²) >= 11 is 0. The highest BCUT2D eigenvalue weighted by Gasteiger charge is 2.36. The lowest BCUT2D eigenvalue weighted by Gasteiger charge is -2.31. The van der Waals surface area contributed by atoms with Crippen LogP contribution in [0.15, 0.2) is 47.4 Å². The second-order valence-electron chi connectivity index (χ2n) is 8.49. The molecule has 0 spiro atoms. The third-order valence-corrected chi connectivity index (χ3v) is 8.52. The maximum absolute atomic E-state index is 13.5. The van der Waals surface area contributed by atoms with Crippen molar-refractivity contribution in [3.05, 3.63) is 42.5 Å². The molecule has 1 fully saturated rings. The molecule has 2 rings (SSSR count). The van der Waals surface area contributed by atoms with Crippen molar-refractivity contribution in [2.24, 2.45) is 11.8 Å². The number of hydrogen-bond donors (Lipinski definition) is 1. The summed E-state index contributed by atoms with van der Waals surface area (Å²) in [6.45, 7) is 10.6. The predicted molar refractivity (Wildman–Crippen MR) is 121 cm³/mol. The number of carbonyl (C=O) groups is 1. The number of nitrogens with one attached hydrogen (secondary N) is 1. The maximum atomic E-state index is 13.5. The van der Waals surface area contributed by atoms with Gasteiger partial charge in [0.05, 0.1) is 16.8 Å². The Morgan fingerprint density at radius 3 is 2.40 bits per heavy atom. The van der Waals surface area contributed by atoms with Crippen molar-refractivity contribution >= 4 is 15.8 Å². The number of rotatable bonds is 11. The first-order valence-corrected chi connectivity index (χ1v) is 12.7. The van der Waals surface area contributed by atoms with E-state index in [9.17, 15) is 13.2 Å². The first-order chi connectivity index (χ1) is 14.3. The third kappa shape index (κ3) is 6.67. The Bertz CT molecular complexity index is 785. The van der Waals surface area contributed by atoms with Crippen molar-refractivity contribution < 1.29 is 17.9 Å². The Balaban J connectivity index is 2.17. The van der Waals surface area contributed by atoms with E-state index in [1.807, 2.05) is 0 Å². The first kappa shape index (κ1) is 24.6. The van der Waals surface area contributed by atoms with Gasteiger partial charge in [-0.15, -0.1) is 0 Å². The lowest BCUT2D eigenvalue weighted by molar-refractivity contribution is -0.144. The summed E-state index contributed by atoms with van der Waals surface area (Å²) in [4.78, 5) is 12.3. The minimum absolute atomic E-state index is 0.0434. The molecule has 1 saturated carbocycles. The third-order valence-electron chi connectivity index (χ3n) is 6.13. The quantitative estimate of drug-likeness (QED) is 0.408. The van der Waals surface area contributed by atoms with Gasteiger partial charge in [0.15, 0.2) is 9.84 Å². The Labute approximate surface area is 182 Å². The summed E-state index contributed by atoms with van der Waals surface area (Å²) in [6.07, 6.45) is 6.30. The molecule has 0 aliphatic heterocycles. The van der Waals surface area contributed by atoms with Gasteiger partial charge in [-0.05, 0) is 56.2 Å². The van der Waals surface area contributed by atoms with Gasteiger partial charge in [0.2, 0.25) is 0 Å². The standard InChI is InChI=1S/C24H37NO4S/c1-5-29-23(26)16-18(2)24(30(27,28)22-14-10-7-11-15-22)19(3)17-25-20(4)21-12-8-6-9-13-21/h7,10-11,14-15,18,20-21,24-25H,3,5-6,8-9,12-13,16-17H2,1-2,4H3/t18-,20+,24+/m1/s1. The lowest BCUT2D eigenvalue weighted by Crippen LogP contribution is -2.40. The monoisotopic (exact) mass is 435 g/mol. The van der Waals surface area contributed by atoms with Crippen LogP contribution in [-0.2, 0) is 19.4 Å². The molecule has 0 aromatic heterocycles. The molecule has 1 aromatic rings. The van der Waals surface area contributed by atoms with E-state index < -0.39 is 21.0 Å². The zero-order valence-corrected chi connectivity index (χ0v) is 19.4. The van der Waals surface area contributed by atoms with Gasteiger partial charge >= 0.3 is 5.97 Å². The van der Waals surface area contributed by atoms with E-state index in [4.69, 9.17) is 4.74 Å². The van der Waals surface area contributed by atoms with Gasteiger partial charge in [0.1, 0.15) is 0 Å². The zero-order valence-electron chi connectivity index (χ0n) is 18.6. The molecule has 168 valence electrons. The van der Waals surface area contributed by atoms with Crippen molar-refractivity contribution in [3.8, 4) is 0 Å². The molecule has 1 aliphatic carbocycles. The zero-order chi connectivity index (χ0) is 22.1. The van der Waals surface area contributed by atoms with Crippen LogP contribution in [0.4, 0.5) is 0 Å². The van der Waals surface area contributed by atoms with Gasteiger partial charge in [-0.3, -0.25) is 4.79 Å². The Kier molecular flexibility index (Phi) is 9.56. The molecule has 1 aliphatic rings. The molecule has 6 heteroatoms. The van der Waals surface area contributed by atoms with E-state index in [2.05, 4.69) is 18.8 Å². The molecular formula is C24H37NO4S. The molecule has 0 bridgehead atoms. The average Bonchev–Trinajstić information content (AvgIpc) is 2.73. The van der Waals surface area contributed by atoms with E-state index in [1.165, 1.54) is 32.1 Å².